The van der Waals surface area contributed by atoms with Crippen LogP contribution in [0.3, 0.4) is 0 Å². The van der Waals surface area contributed by atoms with E-state index in [1.807, 2.05) is 54.7 Å². The summed E-state index contributed by atoms with van der Waals surface area (Å²) in [5.41, 5.74) is 9.53. The fourth-order valence-corrected chi connectivity index (χ4v) is 5.74. The third kappa shape index (κ3) is 21.1. The van der Waals surface area contributed by atoms with Crippen molar-refractivity contribution >= 4 is 58.1 Å². The van der Waals surface area contributed by atoms with Crippen LogP contribution in [0.25, 0.3) is 56.9 Å². The number of carboxylic acid groups (broad SMARTS) is 4. The van der Waals surface area contributed by atoms with Gasteiger partial charge in [0.05, 0.1) is 28.5 Å². The molecular formula is C47H63N5O8. The molecule has 4 aromatic rings. The number of hydrogen-bond donors (Lipinski definition) is 6. The number of nitrogens with one attached hydrogen (secondary N) is 2. The second-order valence-electron chi connectivity index (χ2n) is 14.3. The normalized spacial score (nSPS) is 10.5. The molecule has 0 aliphatic carbocycles. The summed E-state index contributed by atoms with van der Waals surface area (Å²) in [4.78, 5) is 60.4. The van der Waals surface area contributed by atoms with Gasteiger partial charge < -0.3 is 30.4 Å². The molecule has 2 aliphatic rings. The van der Waals surface area contributed by atoms with Crippen LogP contribution in [-0.2, 0) is 19.2 Å². The Kier molecular flexibility index (Phi) is 24.3. The summed E-state index contributed by atoms with van der Waals surface area (Å²) in [6.07, 6.45) is 19.0. The molecule has 0 fully saturated rings. The Morgan fingerprint density at radius 1 is 0.483 bits per heavy atom. The standard InChI is InChI=1S/C23H15N5.4C6H12O2/c1-2-20-21-12-18-7-5-16(26-18)10-14-3-4-15(25-14)11-17-6-8-19(27-17)13-22(28-21)23(20)24-9-1;4*1-2-3-4-5-6(7)8/h1-13,26-27H;4*2-5H2,1H3,(H,7,8). The fourth-order valence-electron chi connectivity index (χ4n) is 5.74. The molecule has 6 rings (SSSR count). The van der Waals surface area contributed by atoms with Crippen LogP contribution in [0.1, 0.15) is 142 Å². The summed E-state index contributed by atoms with van der Waals surface area (Å²) >= 11 is 0. The largest absolute Gasteiger partial charge is 0.481 e. The molecule has 0 spiro atoms. The minimum atomic E-state index is -0.682. The molecule has 60 heavy (non-hydrogen) atoms. The highest BCUT2D eigenvalue weighted by Gasteiger charge is 2.16. The SMILES string of the molecule is C1=Cc2cc3ccc(cc4nc(cc5ccc(cc1n2)[nH]5)-c1cccnc1-4)[nH]3.CCCCCC(=O)O.CCCCCC(=O)O.CCCCCC(=O)O.CCCCCC(=O)O. The van der Waals surface area contributed by atoms with Crippen LogP contribution in [0, 0.1) is 0 Å². The zero-order chi connectivity index (χ0) is 44.1. The quantitative estimate of drug-likeness (QED) is 0.0504. The molecule has 324 valence electrons. The third-order valence-corrected chi connectivity index (χ3v) is 8.88. The van der Waals surface area contributed by atoms with Crippen molar-refractivity contribution in [3.05, 3.63) is 78.2 Å². The van der Waals surface area contributed by atoms with Gasteiger partial charge in [0.15, 0.2) is 0 Å². The van der Waals surface area contributed by atoms with E-state index < -0.39 is 23.9 Å². The second-order valence-corrected chi connectivity index (χ2v) is 14.3. The van der Waals surface area contributed by atoms with Crippen molar-refractivity contribution in [3.63, 3.8) is 0 Å². The van der Waals surface area contributed by atoms with Crippen molar-refractivity contribution in [2.45, 2.75) is 130 Å². The lowest BCUT2D eigenvalue weighted by molar-refractivity contribution is -0.138. The number of unbranched alkanes of at least 4 members (excludes halogenated alkanes) is 8. The lowest BCUT2D eigenvalue weighted by Gasteiger charge is -1.95. The Morgan fingerprint density at radius 3 is 1.22 bits per heavy atom. The number of aromatic amines is 2. The van der Waals surface area contributed by atoms with Gasteiger partial charge in [-0.25, -0.2) is 9.97 Å². The predicted molar refractivity (Wildman–Crippen MR) is 239 cm³/mol. The van der Waals surface area contributed by atoms with Gasteiger partial charge in [0, 0.05) is 59.5 Å². The van der Waals surface area contributed by atoms with Gasteiger partial charge in [-0.15, -0.1) is 0 Å². The highest BCUT2D eigenvalue weighted by atomic mass is 16.4. The molecule has 0 aromatic carbocycles. The highest BCUT2D eigenvalue weighted by molar-refractivity contribution is 5.85. The van der Waals surface area contributed by atoms with Crippen LogP contribution < -0.4 is 0 Å². The van der Waals surface area contributed by atoms with Crippen molar-refractivity contribution in [1.82, 2.24) is 24.9 Å². The van der Waals surface area contributed by atoms with Gasteiger partial charge >= 0.3 is 23.9 Å². The van der Waals surface area contributed by atoms with Crippen LogP contribution in [0.5, 0.6) is 0 Å². The second kappa shape index (κ2) is 29.2. The molecular weight excluding hydrogens is 763 g/mol. The van der Waals surface area contributed by atoms with E-state index in [1.54, 1.807) is 0 Å². The number of hydrogen-bond acceptors (Lipinski definition) is 7. The number of carbonyl (C=O) groups is 4. The number of H-pyrrole nitrogens is 2. The molecule has 0 unspecified atom stereocenters. The van der Waals surface area contributed by atoms with E-state index in [1.165, 1.54) is 0 Å². The van der Waals surface area contributed by atoms with Gasteiger partial charge in [0.1, 0.15) is 0 Å². The van der Waals surface area contributed by atoms with Crippen molar-refractivity contribution < 1.29 is 39.6 Å². The van der Waals surface area contributed by atoms with Crippen LogP contribution in [0.2, 0.25) is 0 Å². The van der Waals surface area contributed by atoms with Gasteiger partial charge in [-0.1, -0.05) is 79.1 Å². The maximum atomic E-state index is 9.87. The van der Waals surface area contributed by atoms with Crippen molar-refractivity contribution in [1.29, 1.82) is 0 Å². The first-order valence-corrected chi connectivity index (χ1v) is 21.1. The van der Waals surface area contributed by atoms with Gasteiger partial charge in [-0.3, -0.25) is 24.2 Å². The number of fused-ring (bicyclic) bond motifs is 11. The molecule has 0 saturated heterocycles. The van der Waals surface area contributed by atoms with E-state index >= 15 is 0 Å². The number of nitrogens with zero attached hydrogens (tertiary/aromatic N) is 3. The summed E-state index contributed by atoms with van der Waals surface area (Å²) in [6.45, 7) is 8.23. The van der Waals surface area contributed by atoms with Crippen molar-refractivity contribution in [3.8, 4) is 22.6 Å². The van der Waals surface area contributed by atoms with E-state index in [0.717, 1.165) is 133 Å². The number of aromatic nitrogens is 5. The lowest BCUT2D eigenvalue weighted by Crippen LogP contribution is -1.92. The number of rotatable bonds is 16. The minimum absolute atomic E-state index is 0.327. The zero-order valence-corrected chi connectivity index (χ0v) is 35.6. The zero-order valence-electron chi connectivity index (χ0n) is 35.6. The molecule has 13 nitrogen and oxygen atoms in total. The summed E-state index contributed by atoms with van der Waals surface area (Å²) in [5, 5.41) is 32.6. The smallest absolute Gasteiger partial charge is 0.303 e. The first-order chi connectivity index (χ1) is 28.9. The average molecular weight is 826 g/mol. The monoisotopic (exact) mass is 825 g/mol. The molecule has 2 aliphatic heterocycles. The first-order valence-electron chi connectivity index (χ1n) is 21.1. The fraction of sp³-hybridized carbons (Fsp3) is 0.426. The summed E-state index contributed by atoms with van der Waals surface area (Å²) in [6, 6.07) is 20.4. The number of carboxylic acids is 4. The Labute approximate surface area is 353 Å². The maximum Gasteiger partial charge on any atom is 0.303 e. The Morgan fingerprint density at radius 2 is 0.850 bits per heavy atom. The van der Waals surface area contributed by atoms with Crippen LogP contribution in [0.15, 0.2) is 66.9 Å². The maximum absolute atomic E-state index is 9.87. The molecule has 0 atom stereocenters. The Bertz CT molecular complexity index is 1940. The van der Waals surface area contributed by atoms with E-state index in [9.17, 15) is 19.2 Å². The molecule has 13 heteroatoms. The number of pyridine rings is 1. The molecule has 6 N–H and O–H groups in total. The average Bonchev–Trinajstić information content (AvgIpc) is 4.02. The Hall–Kier alpha value is -6.11. The van der Waals surface area contributed by atoms with E-state index in [-0.39, 0.29) is 0 Å². The van der Waals surface area contributed by atoms with Gasteiger partial charge in [-0.05, 0) is 98.5 Å². The highest BCUT2D eigenvalue weighted by Crippen LogP contribution is 2.33. The first kappa shape index (κ1) is 50.0. The summed E-state index contributed by atoms with van der Waals surface area (Å²) in [7, 11) is 0. The summed E-state index contributed by atoms with van der Waals surface area (Å²) < 4.78 is 0. The van der Waals surface area contributed by atoms with Crippen LogP contribution in [0.4, 0.5) is 0 Å². The van der Waals surface area contributed by atoms with Crippen molar-refractivity contribution in [2.75, 3.05) is 0 Å². The molecule has 4 aromatic heterocycles. The minimum Gasteiger partial charge on any atom is -0.481 e. The van der Waals surface area contributed by atoms with Crippen molar-refractivity contribution in [2.24, 2.45) is 0 Å². The number of aliphatic carboxylic acids is 4. The molecule has 0 amide bonds. The molecule has 0 saturated carbocycles. The van der Waals surface area contributed by atoms with Crippen LogP contribution >= 0.6 is 0 Å². The topological polar surface area (TPSA) is 219 Å². The van der Waals surface area contributed by atoms with E-state index in [4.69, 9.17) is 25.4 Å². The van der Waals surface area contributed by atoms with Gasteiger partial charge in [0.25, 0.3) is 0 Å². The van der Waals surface area contributed by atoms with Crippen LogP contribution in [-0.4, -0.2) is 69.2 Å². The molecule has 0 radical (unpaired) electrons. The molecule has 8 bridgehead atoms. The third-order valence-electron chi connectivity index (χ3n) is 8.88. The predicted octanol–water partition coefficient (Wildman–Crippen LogP) is 11.8. The van der Waals surface area contributed by atoms with Gasteiger partial charge in [-0.2, -0.15) is 0 Å². The summed E-state index contributed by atoms with van der Waals surface area (Å²) in [5.74, 6) is -2.73. The lowest BCUT2D eigenvalue weighted by atomic mass is 10.1. The molecule has 6 heterocycles. The van der Waals surface area contributed by atoms with E-state index in [0.29, 0.717) is 25.7 Å². The Balaban J connectivity index is 0.000000319. The van der Waals surface area contributed by atoms with Gasteiger partial charge in [0.2, 0.25) is 0 Å². The van der Waals surface area contributed by atoms with E-state index in [2.05, 4.69) is 71.9 Å².